The number of carbonyl (C=O) groups is 2. The molecule has 0 aliphatic heterocycles. The molecular formula is C12H17NO9S. The predicted molar refractivity (Wildman–Crippen MR) is 75.0 cm³/mol. The van der Waals surface area contributed by atoms with Gasteiger partial charge >= 0.3 is 11.9 Å². The van der Waals surface area contributed by atoms with Crippen LogP contribution in [0, 0.1) is 0 Å². The van der Waals surface area contributed by atoms with Crippen LogP contribution < -0.4 is 0 Å². The van der Waals surface area contributed by atoms with Crippen LogP contribution in [0.5, 0.6) is 11.8 Å². The lowest BCUT2D eigenvalue weighted by atomic mass is 10.1. The molecule has 10 nitrogen and oxygen atoms in total. The van der Waals surface area contributed by atoms with Gasteiger partial charge in [0.05, 0.1) is 0 Å². The molecule has 1 atom stereocenters. The lowest BCUT2D eigenvalue weighted by Gasteiger charge is -2.16. The van der Waals surface area contributed by atoms with Gasteiger partial charge in [-0.25, -0.2) is 4.79 Å². The summed E-state index contributed by atoms with van der Waals surface area (Å²) in [5.74, 6) is -4.31. The van der Waals surface area contributed by atoms with Crippen molar-refractivity contribution in [2.45, 2.75) is 43.0 Å². The molecule has 0 saturated heterocycles. The van der Waals surface area contributed by atoms with Gasteiger partial charge in [-0.2, -0.15) is 8.42 Å². The van der Waals surface area contributed by atoms with Gasteiger partial charge in [0.1, 0.15) is 6.04 Å². The van der Waals surface area contributed by atoms with Crippen LogP contribution in [0.4, 0.5) is 0 Å². The largest absolute Gasteiger partial charge is 0.494 e. The van der Waals surface area contributed by atoms with E-state index >= 15 is 0 Å². The van der Waals surface area contributed by atoms with Crippen molar-refractivity contribution in [2.24, 2.45) is 0 Å². The van der Waals surface area contributed by atoms with Crippen LogP contribution >= 0.6 is 0 Å². The van der Waals surface area contributed by atoms with E-state index in [1.807, 2.05) is 0 Å². The molecule has 1 rings (SSSR count). The highest BCUT2D eigenvalue weighted by atomic mass is 32.2. The fraction of sp³-hybridized carbons (Fsp3) is 0.500. The molecule has 130 valence electrons. The quantitative estimate of drug-likeness (QED) is 0.318. The van der Waals surface area contributed by atoms with Crippen molar-refractivity contribution in [3.05, 3.63) is 6.07 Å². The molecule has 1 unspecified atom stereocenters. The molecule has 5 N–H and O–H groups in total. The normalized spacial score (nSPS) is 12.9. The van der Waals surface area contributed by atoms with Crippen molar-refractivity contribution >= 4 is 22.1 Å². The van der Waals surface area contributed by atoms with Crippen LogP contribution in [0.15, 0.2) is 11.0 Å². The molecule has 0 aliphatic carbocycles. The Morgan fingerprint density at radius 1 is 1.13 bits per heavy atom. The third kappa shape index (κ3) is 4.86. The third-order valence-electron chi connectivity index (χ3n) is 3.20. The molecule has 1 aromatic rings. The fourth-order valence-electron chi connectivity index (χ4n) is 2.13. The van der Waals surface area contributed by atoms with Crippen LogP contribution in [0.25, 0.3) is 0 Å². The van der Waals surface area contributed by atoms with Gasteiger partial charge in [-0.1, -0.05) is 12.8 Å². The SMILES string of the molecule is O=C(O)CCCCCC(C(=O)O)n1c(O)cc(S(=O)(=O)O)c1O. The summed E-state index contributed by atoms with van der Waals surface area (Å²) >= 11 is 0. The number of unbranched alkanes of at least 4 members (excludes halogenated alkanes) is 2. The van der Waals surface area contributed by atoms with Gasteiger partial charge in [0.15, 0.2) is 10.8 Å². The van der Waals surface area contributed by atoms with Crippen LogP contribution in [0.3, 0.4) is 0 Å². The number of carboxylic acids is 2. The maximum Gasteiger partial charge on any atom is 0.326 e. The predicted octanol–water partition coefficient (Wildman–Crippen LogP) is 0.807. The first-order chi connectivity index (χ1) is 10.6. The molecule has 0 spiro atoms. The second-order valence-corrected chi connectivity index (χ2v) is 6.27. The molecule has 1 aromatic heterocycles. The number of nitrogens with zero attached hydrogens (tertiary/aromatic N) is 1. The zero-order chi connectivity index (χ0) is 17.8. The summed E-state index contributed by atoms with van der Waals surface area (Å²) in [5.41, 5.74) is 0. The summed E-state index contributed by atoms with van der Waals surface area (Å²) in [5, 5.41) is 37.1. The molecule has 0 bridgehead atoms. The van der Waals surface area contributed by atoms with E-state index in [2.05, 4.69) is 0 Å². The van der Waals surface area contributed by atoms with E-state index in [1.54, 1.807) is 0 Å². The minimum absolute atomic E-state index is 0.0648. The molecule has 0 amide bonds. The molecule has 23 heavy (non-hydrogen) atoms. The third-order valence-corrected chi connectivity index (χ3v) is 4.05. The van der Waals surface area contributed by atoms with E-state index in [0.717, 1.165) is 0 Å². The Kier molecular flexibility index (Phi) is 5.98. The summed E-state index contributed by atoms with van der Waals surface area (Å²) in [6, 6.07) is -0.916. The van der Waals surface area contributed by atoms with Gasteiger partial charge in [-0.05, 0) is 12.8 Å². The van der Waals surface area contributed by atoms with Gasteiger partial charge in [0.2, 0.25) is 5.88 Å². The molecular weight excluding hydrogens is 334 g/mol. The van der Waals surface area contributed by atoms with Crippen molar-refractivity contribution in [1.29, 1.82) is 0 Å². The first-order valence-corrected chi connectivity index (χ1v) is 8.05. The second kappa shape index (κ2) is 7.33. The van der Waals surface area contributed by atoms with Crippen molar-refractivity contribution in [1.82, 2.24) is 4.57 Å². The van der Waals surface area contributed by atoms with E-state index < -0.39 is 44.8 Å². The van der Waals surface area contributed by atoms with E-state index in [-0.39, 0.29) is 19.3 Å². The molecule has 0 fully saturated rings. The smallest absolute Gasteiger partial charge is 0.326 e. The van der Waals surface area contributed by atoms with Crippen molar-refractivity contribution in [3.63, 3.8) is 0 Å². The maximum atomic E-state index is 11.3. The summed E-state index contributed by atoms with van der Waals surface area (Å²) in [7, 11) is -4.82. The number of aromatic hydroxyl groups is 2. The Bertz CT molecular complexity index is 692. The Morgan fingerprint density at radius 3 is 2.17 bits per heavy atom. The molecule has 0 saturated carbocycles. The molecule has 11 heteroatoms. The Morgan fingerprint density at radius 2 is 1.74 bits per heavy atom. The number of aromatic nitrogens is 1. The first kappa shape index (κ1) is 18.8. The minimum atomic E-state index is -4.82. The number of aliphatic carboxylic acids is 2. The average molecular weight is 351 g/mol. The zero-order valence-electron chi connectivity index (χ0n) is 11.9. The van der Waals surface area contributed by atoms with Crippen LogP contribution in [-0.4, -0.2) is 49.9 Å². The fourth-order valence-corrected chi connectivity index (χ4v) is 2.71. The summed E-state index contributed by atoms with van der Waals surface area (Å²) < 4.78 is 31.5. The zero-order valence-corrected chi connectivity index (χ0v) is 12.7. The van der Waals surface area contributed by atoms with Crippen molar-refractivity contribution in [2.75, 3.05) is 0 Å². The highest BCUT2D eigenvalue weighted by Crippen LogP contribution is 2.36. The molecule has 0 aromatic carbocycles. The van der Waals surface area contributed by atoms with E-state index in [0.29, 0.717) is 23.5 Å². The standard InChI is InChI=1S/C12H17NO9S/c14-9-6-8(23(20,21)22)11(17)13(9)7(12(18)19)4-2-1-3-5-10(15)16/h6-7,14,17H,1-5H2,(H,15,16)(H,18,19)(H,20,21,22). The summed E-state index contributed by atoms with van der Waals surface area (Å²) in [6.45, 7) is 0. The highest BCUT2D eigenvalue weighted by Gasteiger charge is 2.30. The Labute approximate surface area is 131 Å². The van der Waals surface area contributed by atoms with E-state index in [1.165, 1.54) is 0 Å². The van der Waals surface area contributed by atoms with Gasteiger partial charge in [0, 0.05) is 12.5 Å². The minimum Gasteiger partial charge on any atom is -0.494 e. The lowest BCUT2D eigenvalue weighted by molar-refractivity contribution is -0.141. The van der Waals surface area contributed by atoms with Crippen LogP contribution in [0.2, 0.25) is 0 Å². The number of hydrogen-bond acceptors (Lipinski definition) is 6. The molecule has 0 aliphatic rings. The van der Waals surface area contributed by atoms with E-state index in [9.17, 15) is 33.3 Å². The van der Waals surface area contributed by atoms with Gasteiger partial charge in [0.25, 0.3) is 10.1 Å². The maximum absolute atomic E-state index is 11.3. The Balaban J connectivity index is 2.93. The summed E-state index contributed by atoms with van der Waals surface area (Å²) in [6.07, 6.45) is 0.883. The van der Waals surface area contributed by atoms with Gasteiger partial charge in [-0.3, -0.25) is 13.9 Å². The topological polar surface area (TPSA) is 174 Å². The number of hydrogen-bond donors (Lipinski definition) is 5. The number of rotatable bonds is 9. The van der Waals surface area contributed by atoms with Gasteiger partial charge < -0.3 is 20.4 Å². The Hall–Kier alpha value is -2.27. The summed E-state index contributed by atoms with van der Waals surface area (Å²) in [4.78, 5) is 20.7. The lowest BCUT2D eigenvalue weighted by Crippen LogP contribution is -2.18. The average Bonchev–Trinajstić information content (AvgIpc) is 2.69. The molecule has 0 radical (unpaired) electrons. The monoisotopic (exact) mass is 351 g/mol. The first-order valence-electron chi connectivity index (χ1n) is 6.61. The molecule has 1 heterocycles. The van der Waals surface area contributed by atoms with Crippen LogP contribution in [0.1, 0.15) is 38.1 Å². The van der Waals surface area contributed by atoms with Crippen molar-refractivity contribution in [3.8, 4) is 11.8 Å². The highest BCUT2D eigenvalue weighted by molar-refractivity contribution is 7.86. The van der Waals surface area contributed by atoms with Gasteiger partial charge in [-0.15, -0.1) is 0 Å². The van der Waals surface area contributed by atoms with Crippen molar-refractivity contribution < 1.29 is 43.0 Å². The second-order valence-electron chi connectivity index (χ2n) is 4.88. The van der Waals surface area contributed by atoms with Crippen LogP contribution in [-0.2, 0) is 19.7 Å². The van der Waals surface area contributed by atoms with E-state index in [4.69, 9.17) is 9.66 Å². The number of carboxylic acid groups (broad SMARTS) is 2.